The normalized spacial score (nSPS) is 10.7. The Bertz CT molecular complexity index is 1350. The minimum atomic E-state index is -0.467. The molecule has 4 aromatic rings. The summed E-state index contributed by atoms with van der Waals surface area (Å²) in [7, 11) is 2.67. The predicted molar refractivity (Wildman–Crippen MR) is 131 cm³/mol. The number of thiazole rings is 1. The fourth-order valence-corrected chi connectivity index (χ4v) is 4.43. The third-order valence-electron chi connectivity index (χ3n) is 5.01. The van der Waals surface area contributed by atoms with E-state index in [0.29, 0.717) is 26.7 Å². The van der Waals surface area contributed by atoms with E-state index in [4.69, 9.17) is 37.7 Å². The Hall–Kier alpha value is -3.19. The number of carbonyl (C=O) groups is 2. The van der Waals surface area contributed by atoms with E-state index < -0.39 is 11.9 Å². The molecule has 0 saturated heterocycles. The summed E-state index contributed by atoms with van der Waals surface area (Å²) < 4.78 is 9.75. The molecule has 0 atom stereocenters. The second-order valence-electron chi connectivity index (χ2n) is 6.99. The lowest BCUT2D eigenvalue weighted by molar-refractivity contribution is 0.0592. The predicted octanol–water partition coefficient (Wildman–Crippen LogP) is 7.02. The van der Waals surface area contributed by atoms with Crippen LogP contribution in [0.4, 0.5) is 0 Å². The molecule has 0 bridgehead atoms. The first-order chi connectivity index (χ1) is 15.9. The number of esters is 2. The van der Waals surface area contributed by atoms with Gasteiger partial charge in [-0.3, -0.25) is 0 Å². The summed E-state index contributed by atoms with van der Waals surface area (Å²) >= 11 is 13.6. The lowest BCUT2D eigenvalue weighted by Gasteiger charge is -2.10. The van der Waals surface area contributed by atoms with Gasteiger partial charge in [0.2, 0.25) is 0 Å². The number of methoxy groups -OCH3 is 2. The van der Waals surface area contributed by atoms with Gasteiger partial charge >= 0.3 is 11.9 Å². The molecular weight excluding hydrogens is 481 g/mol. The molecule has 0 fully saturated rings. The average molecular weight is 498 g/mol. The van der Waals surface area contributed by atoms with E-state index in [9.17, 15) is 9.59 Å². The quantitative estimate of drug-likeness (QED) is 0.277. The Balaban J connectivity index is 1.71. The minimum Gasteiger partial charge on any atom is -0.465 e. The number of aromatic nitrogens is 1. The van der Waals surface area contributed by atoms with Crippen LogP contribution in [0.3, 0.4) is 0 Å². The van der Waals surface area contributed by atoms with Crippen LogP contribution in [0, 0.1) is 0 Å². The molecule has 8 heteroatoms. The van der Waals surface area contributed by atoms with E-state index in [-0.39, 0.29) is 0 Å². The van der Waals surface area contributed by atoms with Gasteiger partial charge in [0.25, 0.3) is 0 Å². The van der Waals surface area contributed by atoms with Crippen molar-refractivity contribution in [1.82, 2.24) is 4.98 Å². The van der Waals surface area contributed by atoms with Gasteiger partial charge in [0.1, 0.15) is 5.01 Å². The van der Waals surface area contributed by atoms with Gasteiger partial charge in [-0.1, -0.05) is 53.5 Å². The summed E-state index contributed by atoms with van der Waals surface area (Å²) in [6, 6.07) is 17.7. The molecule has 33 heavy (non-hydrogen) atoms. The van der Waals surface area contributed by atoms with Crippen LogP contribution in [-0.2, 0) is 9.47 Å². The highest BCUT2D eigenvalue weighted by atomic mass is 35.5. The number of carbonyl (C=O) groups excluding carboxylic acids is 2. The topological polar surface area (TPSA) is 65.5 Å². The van der Waals surface area contributed by atoms with Gasteiger partial charge in [-0.05, 0) is 41.5 Å². The van der Waals surface area contributed by atoms with Crippen LogP contribution in [-0.4, -0.2) is 31.1 Å². The number of rotatable bonds is 5. The summed E-state index contributed by atoms with van der Waals surface area (Å²) in [6.45, 7) is 0. The lowest BCUT2D eigenvalue weighted by atomic mass is 9.96. The molecule has 0 aliphatic heterocycles. The third-order valence-corrected chi connectivity index (χ3v) is 6.64. The van der Waals surface area contributed by atoms with Gasteiger partial charge in [-0.15, -0.1) is 11.3 Å². The molecule has 0 radical (unpaired) electrons. The molecule has 0 aliphatic rings. The van der Waals surface area contributed by atoms with Gasteiger partial charge in [0, 0.05) is 16.5 Å². The number of nitrogens with zero attached hydrogens (tertiary/aromatic N) is 1. The van der Waals surface area contributed by atoms with Crippen molar-refractivity contribution in [3.8, 4) is 33.0 Å². The first kappa shape index (κ1) is 23.0. The molecule has 0 amide bonds. The molecule has 1 heterocycles. The van der Waals surface area contributed by atoms with E-state index in [1.54, 1.807) is 42.5 Å². The van der Waals surface area contributed by atoms with Gasteiger partial charge in [-0.2, -0.15) is 0 Å². The molecule has 3 aromatic carbocycles. The minimum absolute atomic E-state index is 0.395. The van der Waals surface area contributed by atoms with Crippen molar-refractivity contribution < 1.29 is 19.1 Å². The number of benzene rings is 3. The van der Waals surface area contributed by atoms with Crippen LogP contribution in [0.15, 0.2) is 66.0 Å². The standard InChI is InChI=1S/C25H17Cl2NO4S/c1-31-24(29)15-5-3-14(4-6-15)18-9-7-17(11-19(18)25(30)32-2)23-28-22(13-33-23)16-8-10-20(26)21(27)12-16/h3-13H,1-2H3. The SMILES string of the molecule is COC(=O)c1ccc(-c2ccc(-c3nc(-c4ccc(Cl)c(Cl)c4)cs3)cc2C(=O)OC)cc1. The molecule has 0 aliphatic carbocycles. The summed E-state index contributed by atoms with van der Waals surface area (Å²) in [6.07, 6.45) is 0. The van der Waals surface area contributed by atoms with Crippen molar-refractivity contribution in [2.24, 2.45) is 0 Å². The monoisotopic (exact) mass is 497 g/mol. The molecule has 4 rings (SSSR count). The van der Waals surface area contributed by atoms with Crippen LogP contribution in [0.2, 0.25) is 10.0 Å². The van der Waals surface area contributed by atoms with Crippen LogP contribution in [0.1, 0.15) is 20.7 Å². The molecule has 0 N–H and O–H groups in total. The molecule has 5 nitrogen and oxygen atoms in total. The average Bonchev–Trinajstić information content (AvgIpc) is 3.35. The highest BCUT2D eigenvalue weighted by Crippen LogP contribution is 2.34. The fraction of sp³-hybridized carbons (Fsp3) is 0.0800. The van der Waals surface area contributed by atoms with E-state index >= 15 is 0 Å². The molecule has 0 saturated carbocycles. The van der Waals surface area contributed by atoms with Gasteiger partial charge < -0.3 is 9.47 Å². The van der Waals surface area contributed by atoms with Crippen molar-refractivity contribution in [3.05, 3.63) is 87.2 Å². The highest BCUT2D eigenvalue weighted by molar-refractivity contribution is 7.13. The van der Waals surface area contributed by atoms with Crippen LogP contribution < -0.4 is 0 Å². The summed E-state index contributed by atoms with van der Waals surface area (Å²) in [5, 5.41) is 3.61. The Kier molecular flexibility index (Phi) is 6.79. The first-order valence-corrected chi connectivity index (χ1v) is 11.4. The Morgan fingerprint density at radius 2 is 1.45 bits per heavy atom. The largest absolute Gasteiger partial charge is 0.465 e. The van der Waals surface area contributed by atoms with Crippen molar-refractivity contribution in [1.29, 1.82) is 0 Å². The lowest BCUT2D eigenvalue weighted by Crippen LogP contribution is -2.04. The van der Waals surface area contributed by atoms with E-state index in [0.717, 1.165) is 27.4 Å². The maximum absolute atomic E-state index is 12.6. The fourth-order valence-electron chi connectivity index (χ4n) is 3.31. The maximum atomic E-state index is 12.6. The number of hydrogen-bond donors (Lipinski definition) is 0. The van der Waals surface area contributed by atoms with Crippen molar-refractivity contribution in [2.45, 2.75) is 0 Å². The van der Waals surface area contributed by atoms with Crippen LogP contribution in [0.5, 0.6) is 0 Å². The number of hydrogen-bond acceptors (Lipinski definition) is 6. The van der Waals surface area contributed by atoms with E-state index in [2.05, 4.69) is 0 Å². The van der Waals surface area contributed by atoms with Crippen LogP contribution in [0.25, 0.3) is 33.0 Å². The third kappa shape index (κ3) is 4.78. The first-order valence-electron chi connectivity index (χ1n) is 9.73. The smallest absolute Gasteiger partial charge is 0.338 e. The second-order valence-corrected chi connectivity index (χ2v) is 8.66. The van der Waals surface area contributed by atoms with Gasteiger partial charge in [-0.25, -0.2) is 14.6 Å². The summed E-state index contributed by atoms with van der Waals surface area (Å²) in [4.78, 5) is 29.0. The van der Waals surface area contributed by atoms with E-state index in [1.165, 1.54) is 25.6 Å². The zero-order chi connectivity index (χ0) is 23.5. The zero-order valence-electron chi connectivity index (χ0n) is 17.6. The zero-order valence-corrected chi connectivity index (χ0v) is 19.9. The van der Waals surface area contributed by atoms with E-state index in [1.807, 2.05) is 23.6 Å². The number of halogens is 2. The Morgan fingerprint density at radius 3 is 2.12 bits per heavy atom. The highest BCUT2D eigenvalue weighted by Gasteiger charge is 2.17. The Morgan fingerprint density at radius 1 is 0.788 bits per heavy atom. The molecule has 166 valence electrons. The molecular formula is C25H17Cl2NO4S. The van der Waals surface area contributed by atoms with Crippen molar-refractivity contribution in [3.63, 3.8) is 0 Å². The molecule has 1 aromatic heterocycles. The van der Waals surface area contributed by atoms with Gasteiger partial charge in [0.15, 0.2) is 0 Å². The number of ether oxygens (including phenoxy) is 2. The van der Waals surface area contributed by atoms with Crippen LogP contribution >= 0.6 is 34.5 Å². The maximum Gasteiger partial charge on any atom is 0.338 e. The summed E-state index contributed by atoms with van der Waals surface area (Å²) in [5.74, 6) is -0.892. The Labute approximate surface area is 204 Å². The second kappa shape index (κ2) is 9.75. The molecule has 0 spiro atoms. The van der Waals surface area contributed by atoms with Crippen molar-refractivity contribution >= 4 is 46.5 Å². The molecule has 0 unspecified atom stereocenters. The summed E-state index contributed by atoms with van der Waals surface area (Å²) in [5.41, 5.74) is 4.66. The van der Waals surface area contributed by atoms with Gasteiger partial charge in [0.05, 0.1) is 41.1 Å². The van der Waals surface area contributed by atoms with Crippen molar-refractivity contribution in [2.75, 3.05) is 14.2 Å².